The average Bonchev–Trinajstić information content (AvgIpc) is 2.02. The van der Waals surface area contributed by atoms with Gasteiger partial charge in [-0.2, -0.15) is 0 Å². The summed E-state index contributed by atoms with van der Waals surface area (Å²) in [6.45, 7) is 6.92. The zero-order valence-electron chi connectivity index (χ0n) is 9.16. The van der Waals surface area contributed by atoms with Crippen LogP contribution in [0.15, 0.2) is 12.4 Å². The van der Waals surface area contributed by atoms with Gasteiger partial charge in [-0.25, -0.2) is 0 Å². The van der Waals surface area contributed by atoms with E-state index in [-0.39, 0.29) is 6.54 Å². The van der Waals surface area contributed by atoms with Crippen molar-refractivity contribution in [3.63, 3.8) is 0 Å². The van der Waals surface area contributed by atoms with Crippen molar-refractivity contribution >= 4 is 5.97 Å². The van der Waals surface area contributed by atoms with Crippen LogP contribution in [-0.4, -0.2) is 35.1 Å². The van der Waals surface area contributed by atoms with Crippen LogP contribution in [0, 0.1) is 0 Å². The Balaban J connectivity index is 3.94. The molecule has 0 saturated heterocycles. The predicted molar refractivity (Wildman–Crippen MR) is 56.9 cm³/mol. The highest BCUT2D eigenvalue weighted by Gasteiger charge is 2.02. The number of nitrogens with zero attached hydrogens (tertiary/aromatic N) is 1. The van der Waals surface area contributed by atoms with Crippen LogP contribution >= 0.6 is 0 Å². The number of rotatable bonds is 7. The summed E-state index contributed by atoms with van der Waals surface area (Å²) >= 11 is 0. The molecule has 0 unspecified atom stereocenters. The number of carboxylic acids is 1. The smallest absolute Gasteiger partial charge is 0.323 e. The van der Waals surface area contributed by atoms with Gasteiger partial charge in [-0.1, -0.05) is 6.92 Å². The van der Waals surface area contributed by atoms with Crippen molar-refractivity contribution < 1.29 is 9.90 Å². The molecule has 4 nitrogen and oxygen atoms in total. The zero-order chi connectivity index (χ0) is 11.0. The van der Waals surface area contributed by atoms with Gasteiger partial charge >= 0.3 is 5.97 Å². The van der Waals surface area contributed by atoms with E-state index in [0.29, 0.717) is 6.04 Å². The fraction of sp³-hybridized carbons (Fsp3) is 0.700. The first-order valence-electron chi connectivity index (χ1n) is 4.94. The fourth-order valence-electron chi connectivity index (χ4n) is 1.01. The van der Waals surface area contributed by atoms with E-state index in [1.54, 1.807) is 17.3 Å². The van der Waals surface area contributed by atoms with Crippen molar-refractivity contribution in [1.82, 2.24) is 10.2 Å². The number of carboxylic acid groups (broad SMARTS) is 1. The van der Waals surface area contributed by atoms with Gasteiger partial charge in [0, 0.05) is 25.0 Å². The lowest BCUT2D eigenvalue weighted by Crippen LogP contribution is -2.26. The average molecular weight is 200 g/mol. The lowest BCUT2D eigenvalue weighted by atomic mass is 10.4. The summed E-state index contributed by atoms with van der Waals surface area (Å²) in [5, 5.41) is 11.7. The highest BCUT2D eigenvalue weighted by atomic mass is 16.4. The first-order chi connectivity index (χ1) is 6.56. The first kappa shape index (κ1) is 12.8. The van der Waals surface area contributed by atoms with Gasteiger partial charge in [0.1, 0.15) is 6.54 Å². The van der Waals surface area contributed by atoms with E-state index in [9.17, 15) is 4.79 Å². The molecule has 0 aromatic rings. The summed E-state index contributed by atoms with van der Waals surface area (Å²) in [7, 11) is 0. The van der Waals surface area contributed by atoms with Gasteiger partial charge < -0.3 is 15.3 Å². The largest absolute Gasteiger partial charge is 0.480 e. The van der Waals surface area contributed by atoms with Crippen molar-refractivity contribution in [3.8, 4) is 0 Å². The Morgan fingerprint density at radius 1 is 1.57 bits per heavy atom. The SMILES string of the molecule is CCCN(/C=C\NC(C)C)CC(=O)O. The molecule has 0 fully saturated rings. The predicted octanol–water partition coefficient (Wildman–Crippen LogP) is 1.25. The van der Waals surface area contributed by atoms with Gasteiger partial charge in [0.15, 0.2) is 0 Å². The Bertz CT molecular complexity index is 191. The molecule has 0 aliphatic heterocycles. The third kappa shape index (κ3) is 7.46. The van der Waals surface area contributed by atoms with Gasteiger partial charge in [-0.3, -0.25) is 4.79 Å². The van der Waals surface area contributed by atoms with E-state index in [1.165, 1.54) is 0 Å². The highest BCUT2D eigenvalue weighted by molar-refractivity contribution is 5.69. The second kappa shape index (κ2) is 7.24. The molecule has 0 atom stereocenters. The summed E-state index contributed by atoms with van der Waals surface area (Å²) in [6, 6.07) is 0.375. The molecule has 14 heavy (non-hydrogen) atoms. The molecule has 0 aromatic carbocycles. The molecule has 0 radical (unpaired) electrons. The van der Waals surface area contributed by atoms with Crippen molar-refractivity contribution in [3.05, 3.63) is 12.4 Å². The van der Waals surface area contributed by atoms with E-state index in [4.69, 9.17) is 5.11 Å². The number of nitrogens with one attached hydrogen (secondary N) is 1. The van der Waals surface area contributed by atoms with Gasteiger partial charge in [0.05, 0.1) is 0 Å². The molecule has 4 heteroatoms. The summed E-state index contributed by atoms with van der Waals surface area (Å²) in [4.78, 5) is 12.3. The molecule has 0 aliphatic carbocycles. The molecule has 0 aliphatic rings. The number of hydrogen-bond donors (Lipinski definition) is 2. The Morgan fingerprint density at radius 2 is 2.21 bits per heavy atom. The van der Waals surface area contributed by atoms with E-state index in [1.807, 2.05) is 20.8 Å². The molecule has 0 saturated carbocycles. The molecule has 0 rings (SSSR count). The van der Waals surface area contributed by atoms with Gasteiger partial charge in [0.2, 0.25) is 0 Å². The number of aliphatic carboxylic acids is 1. The molecule has 0 amide bonds. The summed E-state index contributed by atoms with van der Waals surface area (Å²) < 4.78 is 0. The van der Waals surface area contributed by atoms with Gasteiger partial charge in [-0.15, -0.1) is 0 Å². The lowest BCUT2D eigenvalue weighted by molar-refractivity contribution is -0.137. The molecular formula is C10H20N2O2. The van der Waals surface area contributed by atoms with Crippen LogP contribution < -0.4 is 5.32 Å². The second-order valence-electron chi connectivity index (χ2n) is 3.50. The normalized spacial score (nSPS) is 10.9. The minimum absolute atomic E-state index is 0.0596. The third-order valence-corrected chi connectivity index (χ3v) is 1.56. The van der Waals surface area contributed by atoms with Crippen LogP contribution in [0.4, 0.5) is 0 Å². The van der Waals surface area contributed by atoms with Crippen molar-refractivity contribution in [2.75, 3.05) is 13.1 Å². The Kier molecular flexibility index (Phi) is 6.62. The fourth-order valence-corrected chi connectivity index (χ4v) is 1.01. The van der Waals surface area contributed by atoms with Gasteiger partial charge in [0.25, 0.3) is 0 Å². The van der Waals surface area contributed by atoms with Crippen LogP contribution in [0.5, 0.6) is 0 Å². The monoisotopic (exact) mass is 200 g/mol. The maximum atomic E-state index is 10.5. The summed E-state index contributed by atoms with van der Waals surface area (Å²) in [5.74, 6) is -0.798. The lowest BCUT2D eigenvalue weighted by Gasteiger charge is -2.17. The van der Waals surface area contributed by atoms with E-state index >= 15 is 0 Å². The van der Waals surface area contributed by atoms with Crippen molar-refractivity contribution in [2.45, 2.75) is 33.2 Å². The standard InChI is InChI=1S/C10H20N2O2/c1-4-6-12(8-10(13)14)7-5-11-9(2)3/h5,7,9,11H,4,6,8H2,1-3H3,(H,13,14)/b7-5-. The van der Waals surface area contributed by atoms with Crippen molar-refractivity contribution in [2.24, 2.45) is 0 Å². The maximum absolute atomic E-state index is 10.5. The summed E-state index contributed by atoms with van der Waals surface area (Å²) in [5.41, 5.74) is 0. The molecule has 82 valence electrons. The number of hydrogen-bond acceptors (Lipinski definition) is 3. The Labute approximate surface area is 85.6 Å². The Hall–Kier alpha value is -1.19. The Morgan fingerprint density at radius 3 is 2.64 bits per heavy atom. The minimum Gasteiger partial charge on any atom is -0.480 e. The first-order valence-corrected chi connectivity index (χ1v) is 4.94. The molecule has 0 spiro atoms. The van der Waals surface area contributed by atoms with E-state index < -0.39 is 5.97 Å². The minimum atomic E-state index is -0.798. The molecule has 0 aromatic heterocycles. The molecular weight excluding hydrogens is 180 g/mol. The summed E-state index contributed by atoms with van der Waals surface area (Å²) in [6.07, 6.45) is 4.53. The van der Waals surface area contributed by atoms with Crippen molar-refractivity contribution in [1.29, 1.82) is 0 Å². The third-order valence-electron chi connectivity index (χ3n) is 1.56. The number of carbonyl (C=O) groups is 1. The molecule has 0 heterocycles. The maximum Gasteiger partial charge on any atom is 0.323 e. The van der Waals surface area contributed by atoms with Crippen LogP contribution in [0.1, 0.15) is 27.2 Å². The quantitative estimate of drug-likeness (QED) is 0.649. The zero-order valence-corrected chi connectivity index (χ0v) is 9.16. The van der Waals surface area contributed by atoms with Crippen LogP contribution in [0.2, 0.25) is 0 Å². The van der Waals surface area contributed by atoms with Crippen LogP contribution in [0.25, 0.3) is 0 Å². The van der Waals surface area contributed by atoms with Crippen LogP contribution in [0.3, 0.4) is 0 Å². The highest BCUT2D eigenvalue weighted by Crippen LogP contribution is 1.92. The second-order valence-corrected chi connectivity index (χ2v) is 3.50. The topological polar surface area (TPSA) is 52.6 Å². The molecule has 2 N–H and O–H groups in total. The van der Waals surface area contributed by atoms with Gasteiger partial charge in [-0.05, 0) is 20.3 Å². The van der Waals surface area contributed by atoms with Crippen LogP contribution in [-0.2, 0) is 4.79 Å². The van der Waals surface area contributed by atoms with E-state index in [2.05, 4.69) is 5.32 Å². The van der Waals surface area contributed by atoms with E-state index in [0.717, 1.165) is 13.0 Å². The molecule has 0 bridgehead atoms.